The normalized spacial score (nSPS) is 12.6. The van der Waals surface area contributed by atoms with Gasteiger partial charge in [-0.15, -0.1) is 0 Å². The third-order valence-electron chi connectivity index (χ3n) is 4.14. The van der Waals surface area contributed by atoms with Crippen molar-refractivity contribution in [1.82, 2.24) is 9.55 Å². The molecule has 10 heteroatoms. The largest absolute Gasteiger partial charge is 0.416 e. The molecule has 0 aliphatic carbocycles. The van der Waals surface area contributed by atoms with E-state index in [-0.39, 0.29) is 5.69 Å². The van der Waals surface area contributed by atoms with Crippen molar-refractivity contribution in [3.63, 3.8) is 0 Å². The lowest BCUT2D eigenvalue weighted by molar-refractivity contribution is -0.384. The summed E-state index contributed by atoms with van der Waals surface area (Å²) in [6.45, 7) is 0. The molecule has 0 saturated heterocycles. The van der Waals surface area contributed by atoms with Crippen LogP contribution in [-0.2, 0) is 13.2 Å². The summed E-state index contributed by atoms with van der Waals surface area (Å²) in [6.07, 6.45) is -1.55. The van der Waals surface area contributed by atoms with Gasteiger partial charge in [-0.2, -0.15) is 13.2 Å². The highest BCUT2D eigenvalue weighted by Gasteiger charge is 2.33. The van der Waals surface area contributed by atoms with Gasteiger partial charge in [-0.1, -0.05) is 12.1 Å². The average molecular weight is 394 g/mol. The van der Waals surface area contributed by atoms with E-state index in [1.165, 1.54) is 30.5 Å². The zero-order valence-electron chi connectivity index (χ0n) is 14.4. The fourth-order valence-electron chi connectivity index (χ4n) is 2.74. The van der Waals surface area contributed by atoms with Crippen molar-refractivity contribution in [1.29, 1.82) is 0 Å². The van der Waals surface area contributed by atoms with Crippen molar-refractivity contribution in [2.75, 3.05) is 5.32 Å². The quantitative estimate of drug-likeness (QED) is 0.387. The Morgan fingerprint density at radius 3 is 2.39 bits per heavy atom. The molecule has 146 valence electrons. The van der Waals surface area contributed by atoms with Crippen LogP contribution >= 0.6 is 0 Å². The monoisotopic (exact) mass is 394 g/mol. The van der Waals surface area contributed by atoms with Gasteiger partial charge in [0.15, 0.2) is 0 Å². The number of nitro groups is 1. The lowest BCUT2D eigenvalue weighted by atomic mass is 10.0. The van der Waals surface area contributed by atoms with Crippen LogP contribution in [-0.4, -0.2) is 14.5 Å². The molecule has 6 nitrogen and oxygen atoms in total. The van der Waals surface area contributed by atoms with Gasteiger partial charge in [0.1, 0.15) is 23.4 Å². The number of alkyl halides is 3. The first-order chi connectivity index (χ1) is 13.2. The first-order valence-electron chi connectivity index (χ1n) is 8.01. The third kappa shape index (κ3) is 3.95. The van der Waals surface area contributed by atoms with E-state index in [1.54, 1.807) is 17.8 Å². The second kappa shape index (κ2) is 7.29. The summed E-state index contributed by atoms with van der Waals surface area (Å²) in [5.74, 6) is -0.0244. The zero-order valence-corrected chi connectivity index (χ0v) is 14.4. The molecule has 0 radical (unpaired) electrons. The molecule has 1 heterocycles. The van der Waals surface area contributed by atoms with Crippen molar-refractivity contribution in [3.05, 3.63) is 87.7 Å². The van der Waals surface area contributed by atoms with E-state index in [0.29, 0.717) is 17.5 Å². The highest BCUT2D eigenvalue weighted by Crippen LogP contribution is 2.37. The Labute approximate surface area is 156 Å². The maximum absolute atomic E-state index is 13.3. The molecular formula is C18H14F4N4O2. The zero-order chi connectivity index (χ0) is 20.5. The highest BCUT2D eigenvalue weighted by molar-refractivity contribution is 5.64. The van der Waals surface area contributed by atoms with Gasteiger partial charge in [-0.3, -0.25) is 10.1 Å². The van der Waals surface area contributed by atoms with Crippen LogP contribution < -0.4 is 5.32 Å². The second-order valence-corrected chi connectivity index (χ2v) is 6.01. The Hall–Kier alpha value is -3.43. The molecule has 0 bridgehead atoms. The predicted molar refractivity (Wildman–Crippen MR) is 93.2 cm³/mol. The Morgan fingerprint density at radius 2 is 1.86 bits per heavy atom. The summed E-state index contributed by atoms with van der Waals surface area (Å²) in [7, 11) is 1.70. The van der Waals surface area contributed by atoms with Crippen LogP contribution in [0.3, 0.4) is 0 Å². The molecule has 1 N–H and O–H groups in total. The molecule has 0 spiro atoms. The standard InChI is InChI=1S/C18H14F4N4O2/c1-25-9-8-23-17(25)16(11-2-5-13(19)6-3-11)24-14-7-4-12(18(20,21)22)10-15(14)26(27)28/h2-10,16,24H,1H3/t16-/m0/s1. The van der Waals surface area contributed by atoms with Gasteiger partial charge >= 0.3 is 6.18 Å². The topological polar surface area (TPSA) is 73.0 Å². The van der Waals surface area contributed by atoms with Gasteiger partial charge in [0.2, 0.25) is 0 Å². The fourth-order valence-corrected chi connectivity index (χ4v) is 2.74. The third-order valence-corrected chi connectivity index (χ3v) is 4.14. The molecule has 0 saturated carbocycles. The van der Waals surface area contributed by atoms with E-state index in [0.717, 1.165) is 12.1 Å². The van der Waals surface area contributed by atoms with E-state index in [1.807, 2.05) is 0 Å². The molecule has 2 aromatic carbocycles. The van der Waals surface area contributed by atoms with E-state index in [9.17, 15) is 27.7 Å². The maximum Gasteiger partial charge on any atom is 0.416 e. The molecule has 0 aliphatic heterocycles. The van der Waals surface area contributed by atoms with Gasteiger partial charge in [0.25, 0.3) is 5.69 Å². The Morgan fingerprint density at radius 1 is 1.18 bits per heavy atom. The molecule has 3 rings (SSSR count). The van der Waals surface area contributed by atoms with Gasteiger partial charge < -0.3 is 9.88 Å². The van der Waals surface area contributed by atoms with Crippen molar-refractivity contribution in [2.45, 2.75) is 12.2 Å². The van der Waals surface area contributed by atoms with Crippen LogP contribution in [0.25, 0.3) is 0 Å². The van der Waals surface area contributed by atoms with E-state index < -0.39 is 34.2 Å². The summed E-state index contributed by atoms with van der Waals surface area (Å²) in [5, 5.41) is 14.2. The molecule has 1 atom stereocenters. The number of benzene rings is 2. The number of aromatic nitrogens is 2. The number of nitro benzene ring substituents is 1. The van der Waals surface area contributed by atoms with Crippen LogP contribution in [0, 0.1) is 15.9 Å². The van der Waals surface area contributed by atoms with E-state index in [4.69, 9.17) is 0 Å². The van der Waals surface area contributed by atoms with E-state index >= 15 is 0 Å². The first-order valence-corrected chi connectivity index (χ1v) is 8.01. The van der Waals surface area contributed by atoms with Gasteiger partial charge in [0, 0.05) is 25.5 Å². The van der Waals surface area contributed by atoms with Crippen molar-refractivity contribution in [2.24, 2.45) is 7.05 Å². The number of rotatable bonds is 5. The van der Waals surface area contributed by atoms with Crippen LogP contribution in [0.4, 0.5) is 28.9 Å². The predicted octanol–water partition coefficient (Wildman–Crippen LogP) is 4.69. The number of nitrogens with one attached hydrogen (secondary N) is 1. The van der Waals surface area contributed by atoms with E-state index in [2.05, 4.69) is 10.3 Å². The number of halogens is 4. The fraction of sp³-hybridized carbons (Fsp3) is 0.167. The van der Waals surface area contributed by atoms with Gasteiger partial charge in [-0.05, 0) is 29.8 Å². The van der Waals surface area contributed by atoms with Crippen molar-refractivity contribution in [3.8, 4) is 0 Å². The SMILES string of the molecule is Cn1ccnc1[C@@H](Nc1ccc(C(F)(F)F)cc1[N+](=O)[O-])c1ccc(F)cc1. The number of imidazole rings is 1. The summed E-state index contributed by atoms with van der Waals surface area (Å²) in [5.41, 5.74) is -1.43. The van der Waals surface area contributed by atoms with Crippen molar-refractivity contribution < 1.29 is 22.5 Å². The van der Waals surface area contributed by atoms with Gasteiger partial charge in [0.05, 0.1) is 10.5 Å². The number of anilines is 1. The maximum atomic E-state index is 13.3. The molecule has 0 unspecified atom stereocenters. The number of aryl methyl sites for hydroxylation is 1. The molecule has 28 heavy (non-hydrogen) atoms. The Kier molecular flexibility index (Phi) is 5.04. The Balaban J connectivity index is 2.07. The first kappa shape index (κ1) is 19.3. The van der Waals surface area contributed by atoms with Crippen LogP contribution in [0.2, 0.25) is 0 Å². The summed E-state index contributed by atoms with van der Waals surface area (Å²) >= 11 is 0. The van der Waals surface area contributed by atoms with Crippen molar-refractivity contribution >= 4 is 11.4 Å². The average Bonchev–Trinajstić information content (AvgIpc) is 3.05. The molecule has 3 aromatic rings. The minimum absolute atomic E-state index is 0.115. The molecular weight excluding hydrogens is 380 g/mol. The molecule has 1 aromatic heterocycles. The second-order valence-electron chi connectivity index (χ2n) is 6.01. The highest BCUT2D eigenvalue weighted by atomic mass is 19.4. The molecule has 0 aliphatic rings. The minimum Gasteiger partial charge on any atom is -0.366 e. The van der Waals surface area contributed by atoms with Crippen LogP contribution in [0.15, 0.2) is 54.9 Å². The lowest BCUT2D eigenvalue weighted by Crippen LogP contribution is -2.18. The van der Waals surface area contributed by atoms with Gasteiger partial charge in [-0.25, -0.2) is 9.37 Å². The molecule has 0 amide bonds. The summed E-state index contributed by atoms with van der Waals surface area (Å²) in [6, 6.07) is 6.85. The molecule has 0 fully saturated rings. The number of nitrogens with zero attached hydrogens (tertiary/aromatic N) is 3. The minimum atomic E-state index is -4.71. The summed E-state index contributed by atoms with van der Waals surface area (Å²) in [4.78, 5) is 14.7. The smallest absolute Gasteiger partial charge is 0.366 e. The lowest BCUT2D eigenvalue weighted by Gasteiger charge is -2.20. The Bertz CT molecular complexity index is 1000. The number of hydrogen-bond acceptors (Lipinski definition) is 4. The van der Waals surface area contributed by atoms with Crippen LogP contribution in [0.5, 0.6) is 0 Å². The number of hydrogen-bond donors (Lipinski definition) is 1. The van der Waals surface area contributed by atoms with Crippen LogP contribution in [0.1, 0.15) is 23.0 Å². The summed E-state index contributed by atoms with van der Waals surface area (Å²) < 4.78 is 53.7.